The van der Waals surface area contributed by atoms with Crippen molar-refractivity contribution in [1.29, 1.82) is 0 Å². The van der Waals surface area contributed by atoms with Gasteiger partial charge in [-0.2, -0.15) is 0 Å². The number of carbonyl (C=O) groups is 2. The number of hydrogen-bond donors (Lipinski definition) is 1. The molecule has 8 nitrogen and oxygen atoms in total. The first-order valence-electron chi connectivity index (χ1n) is 12.7. The van der Waals surface area contributed by atoms with E-state index >= 15 is 0 Å². The number of nitrogens with zero attached hydrogens (tertiary/aromatic N) is 2. The van der Waals surface area contributed by atoms with Gasteiger partial charge >= 0.3 is 0 Å². The van der Waals surface area contributed by atoms with Crippen LogP contribution in [0.4, 0.5) is 5.69 Å². The SMILES string of the molecule is CC(C)CNC(=O)C(C)N(Cc1ccc(Cl)c(Cl)c1)C(=O)CN(c1ccc(Oc2ccccc2)cc1)S(C)(=O)=O. The number of rotatable bonds is 12. The average molecular weight is 607 g/mol. The third-order valence-electron chi connectivity index (χ3n) is 5.97. The Morgan fingerprint density at radius 3 is 2.10 bits per heavy atom. The highest BCUT2D eigenvalue weighted by atomic mass is 35.5. The van der Waals surface area contributed by atoms with E-state index in [4.69, 9.17) is 27.9 Å². The second-order valence-corrected chi connectivity index (χ2v) is 12.5. The van der Waals surface area contributed by atoms with E-state index in [2.05, 4.69) is 5.32 Å². The molecule has 1 atom stereocenters. The Kier molecular flexibility index (Phi) is 10.8. The normalized spacial score (nSPS) is 12.1. The largest absolute Gasteiger partial charge is 0.457 e. The van der Waals surface area contributed by atoms with Gasteiger partial charge in [-0.1, -0.05) is 61.3 Å². The van der Waals surface area contributed by atoms with Gasteiger partial charge in [0.05, 0.1) is 22.0 Å². The summed E-state index contributed by atoms with van der Waals surface area (Å²) in [5, 5.41) is 3.50. The van der Waals surface area contributed by atoms with Crippen molar-refractivity contribution >= 4 is 50.7 Å². The second-order valence-electron chi connectivity index (χ2n) is 9.76. The van der Waals surface area contributed by atoms with Crippen LogP contribution in [0.5, 0.6) is 11.5 Å². The molecule has 0 aliphatic carbocycles. The predicted molar refractivity (Wildman–Crippen MR) is 159 cm³/mol. The minimum Gasteiger partial charge on any atom is -0.457 e. The molecule has 3 rings (SSSR count). The molecule has 0 radical (unpaired) electrons. The second kappa shape index (κ2) is 13.9. The van der Waals surface area contributed by atoms with E-state index in [0.717, 1.165) is 10.6 Å². The van der Waals surface area contributed by atoms with Crippen molar-refractivity contribution in [3.05, 3.63) is 88.4 Å². The van der Waals surface area contributed by atoms with Crippen molar-refractivity contribution in [2.24, 2.45) is 5.92 Å². The Labute approximate surface area is 245 Å². The van der Waals surface area contributed by atoms with Gasteiger partial charge in [0.25, 0.3) is 0 Å². The highest BCUT2D eigenvalue weighted by molar-refractivity contribution is 7.92. The Bertz CT molecular complexity index is 1420. The average Bonchev–Trinajstić information content (AvgIpc) is 2.91. The molecule has 0 aromatic heterocycles. The number of sulfonamides is 1. The molecule has 0 aliphatic heterocycles. The summed E-state index contributed by atoms with van der Waals surface area (Å²) in [5.41, 5.74) is 0.919. The first kappa shape index (κ1) is 31.3. The lowest BCUT2D eigenvalue weighted by Gasteiger charge is -2.31. The van der Waals surface area contributed by atoms with Crippen molar-refractivity contribution in [3.8, 4) is 11.5 Å². The van der Waals surface area contributed by atoms with Crippen LogP contribution in [0.2, 0.25) is 10.0 Å². The lowest BCUT2D eigenvalue weighted by atomic mass is 10.1. The minimum atomic E-state index is -3.86. The molecule has 0 saturated heterocycles. The molecule has 0 bridgehead atoms. The van der Waals surface area contributed by atoms with Crippen molar-refractivity contribution in [2.45, 2.75) is 33.4 Å². The standard InChI is InChI=1S/C29H33Cl2N3O5S/c1-20(2)17-32-29(36)21(3)33(18-22-10-15-26(30)27(31)16-22)28(35)19-34(40(4,37)38)23-11-13-25(14-12-23)39-24-8-6-5-7-9-24/h5-16,20-21H,17-19H2,1-4H3,(H,32,36). The molecule has 3 aromatic rings. The highest BCUT2D eigenvalue weighted by Crippen LogP contribution is 2.27. The third kappa shape index (κ3) is 8.87. The number of anilines is 1. The smallest absolute Gasteiger partial charge is 0.244 e. The van der Waals surface area contributed by atoms with Crippen molar-refractivity contribution in [2.75, 3.05) is 23.7 Å². The van der Waals surface area contributed by atoms with Crippen LogP contribution in [-0.4, -0.2) is 50.5 Å². The third-order valence-corrected chi connectivity index (χ3v) is 7.85. The molecule has 0 spiro atoms. The van der Waals surface area contributed by atoms with Gasteiger partial charge in [0.15, 0.2) is 0 Å². The molecule has 1 N–H and O–H groups in total. The van der Waals surface area contributed by atoms with Crippen LogP contribution in [0.3, 0.4) is 0 Å². The molecule has 0 saturated carbocycles. The Morgan fingerprint density at radius 2 is 1.52 bits per heavy atom. The summed E-state index contributed by atoms with van der Waals surface area (Å²) in [4.78, 5) is 28.0. The molecule has 11 heteroatoms. The molecule has 0 heterocycles. The van der Waals surface area contributed by atoms with E-state index in [-0.39, 0.29) is 24.1 Å². The Balaban J connectivity index is 1.87. The number of hydrogen-bond acceptors (Lipinski definition) is 5. The van der Waals surface area contributed by atoms with E-state index in [1.54, 1.807) is 61.5 Å². The number of ether oxygens (including phenoxy) is 1. The summed E-state index contributed by atoms with van der Waals surface area (Å²) < 4.78 is 32.4. The Hall–Kier alpha value is -3.27. The molecule has 1 unspecified atom stereocenters. The first-order valence-corrected chi connectivity index (χ1v) is 15.3. The number of carbonyl (C=O) groups excluding carboxylic acids is 2. The van der Waals surface area contributed by atoms with Crippen LogP contribution in [0, 0.1) is 5.92 Å². The summed E-state index contributed by atoms with van der Waals surface area (Å²) in [6, 6.07) is 19.6. The number of benzene rings is 3. The molecule has 3 aromatic carbocycles. The van der Waals surface area contributed by atoms with Gasteiger partial charge < -0.3 is 15.0 Å². The number of amides is 2. The van der Waals surface area contributed by atoms with E-state index in [1.807, 2.05) is 32.0 Å². The topological polar surface area (TPSA) is 96.0 Å². The zero-order chi connectivity index (χ0) is 29.4. The summed E-state index contributed by atoms with van der Waals surface area (Å²) in [6.45, 7) is 5.47. The fourth-order valence-electron chi connectivity index (χ4n) is 3.79. The molecular formula is C29H33Cl2N3O5S. The zero-order valence-electron chi connectivity index (χ0n) is 22.8. The maximum Gasteiger partial charge on any atom is 0.244 e. The molecule has 40 heavy (non-hydrogen) atoms. The van der Waals surface area contributed by atoms with Crippen LogP contribution < -0.4 is 14.4 Å². The van der Waals surface area contributed by atoms with Crippen molar-refractivity contribution in [3.63, 3.8) is 0 Å². The lowest BCUT2D eigenvalue weighted by Crippen LogP contribution is -2.51. The predicted octanol–water partition coefficient (Wildman–Crippen LogP) is 5.74. The monoisotopic (exact) mass is 605 g/mol. The van der Waals surface area contributed by atoms with E-state index < -0.39 is 28.5 Å². The lowest BCUT2D eigenvalue weighted by molar-refractivity contribution is -0.139. The Morgan fingerprint density at radius 1 is 0.900 bits per heavy atom. The highest BCUT2D eigenvalue weighted by Gasteiger charge is 2.30. The van der Waals surface area contributed by atoms with E-state index in [1.165, 1.54) is 4.90 Å². The molecule has 0 fully saturated rings. The minimum absolute atomic E-state index is 0.0213. The van der Waals surface area contributed by atoms with Gasteiger partial charge in [0.2, 0.25) is 21.8 Å². The van der Waals surface area contributed by atoms with Crippen molar-refractivity contribution < 1.29 is 22.7 Å². The summed E-state index contributed by atoms with van der Waals surface area (Å²) in [7, 11) is -3.86. The summed E-state index contributed by atoms with van der Waals surface area (Å²) in [6.07, 6.45) is 1.02. The maximum atomic E-state index is 13.7. The molecule has 2 amide bonds. The fourth-order valence-corrected chi connectivity index (χ4v) is 4.96. The van der Waals surface area contributed by atoms with Gasteiger partial charge in [-0.05, 0) is 66.9 Å². The molecule has 0 aliphatic rings. The number of halogens is 2. The van der Waals surface area contributed by atoms with Crippen LogP contribution in [0.1, 0.15) is 26.3 Å². The van der Waals surface area contributed by atoms with E-state index in [9.17, 15) is 18.0 Å². The van der Waals surface area contributed by atoms with Gasteiger partial charge in [-0.15, -0.1) is 0 Å². The van der Waals surface area contributed by atoms with Gasteiger partial charge in [-0.3, -0.25) is 13.9 Å². The van der Waals surface area contributed by atoms with Crippen LogP contribution in [0.15, 0.2) is 72.8 Å². The number of nitrogens with one attached hydrogen (secondary N) is 1. The zero-order valence-corrected chi connectivity index (χ0v) is 25.1. The number of para-hydroxylation sites is 1. The quantitative estimate of drug-likeness (QED) is 0.284. The molecule has 214 valence electrons. The van der Waals surface area contributed by atoms with E-state index in [0.29, 0.717) is 33.7 Å². The summed E-state index contributed by atoms with van der Waals surface area (Å²) >= 11 is 12.2. The van der Waals surface area contributed by atoms with Gasteiger partial charge in [-0.25, -0.2) is 8.42 Å². The maximum absolute atomic E-state index is 13.7. The summed E-state index contributed by atoms with van der Waals surface area (Å²) in [5.74, 6) is 0.438. The first-order chi connectivity index (χ1) is 18.8. The van der Waals surface area contributed by atoms with Gasteiger partial charge in [0, 0.05) is 13.1 Å². The van der Waals surface area contributed by atoms with Crippen LogP contribution >= 0.6 is 23.2 Å². The van der Waals surface area contributed by atoms with Crippen molar-refractivity contribution in [1.82, 2.24) is 10.2 Å². The fraction of sp³-hybridized carbons (Fsp3) is 0.310. The van der Waals surface area contributed by atoms with Gasteiger partial charge in [0.1, 0.15) is 24.1 Å². The molecular weight excluding hydrogens is 573 g/mol. The van der Waals surface area contributed by atoms with Crippen LogP contribution in [0.25, 0.3) is 0 Å². The van der Waals surface area contributed by atoms with Crippen LogP contribution in [-0.2, 0) is 26.2 Å².